The van der Waals surface area contributed by atoms with Crippen LogP contribution in [0.3, 0.4) is 0 Å². The molecule has 6 heteroatoms. The number of hydrogen-bond donors (Lipinski definition) is 0. The predicted octanol–water partition coefficient (Wildman–Crippen LogP) is 2.66. The number of aliphatic imine (C=N–C) groups is 1. The SMILES string of the molecule is Cc1ccn2c(C=NC3(C(=O)[O-])CC3)c(-c3ccc(Cl)cc3)nc2c1. The number of benzene rings is 1. The van der Waals surface area contributed by atoms with E-state index in [-0.39, 0.29) is 0 Å². The number of aromatic nitrogens is 2. The molecule has 5 nitrogen and oxygen atoms in total. The van der Waals surface area contributed by atoms with Crippen molar-refractivity contribution in [1.29, 1.82) is 0 Å². The zero-order chi connectivity index (χ0) is 17.6. The molecule has 2 heterocycles. The van der Waals surface area contributed by atoms with Crippen molar-refractivity contribution in [2.75, 3.05) is 0 Å². The topological polar surface area (TPSA) is 69.8 Å². The number of carboxylic acid groups (broad SMARTS) is 1. The molecule has 1 saturated carbocycles. The van der Waals surface area contributed by atoms with E-state index in [0.29, 0.717) is 17.9 Å². The van der Waals surface area contributed by atoms with E-state index in [1.54, 1.807) is 18.3 Å². The Morgan fingerprint density at radius 2 is 2.04 bits per heavy atom. The van der Waals surface area contributed by atoms with Gasteiger partial charge >= 0.3 is 0 Å². The number of halogens is 1. The minimum absolute atomic E-state index is 0.512. The van der Waals surface area contributed by atoms with E-state index in [4.69, 9.17) is 16.6 Å². The molecule has 0 bridgehead atoms. The van der Waals surface area contributed by atoms with Gasteiger partial charge in [-0.15, -0.1) is 0 Å². The summed E-state index contributed by atoms with van der Waals surface area (Å²) in [5.74, 6) is -1.12. The minimum Gasteiger partial charge on any atom is -0.547 e. The van der Waals surface area contributed by atoms with Crippen molar-refractivity contribution in [2.24, 2.45) is 4.99 Å². The Kier molecular flexibility index (Phi) is 3.62. The molecule has 2 aromatic heterocycles. The number of imidazole rings is 1. The van der Waals surface area contributed by atoms with Crippen molar-refractivity contribution >= 4 is 29.4 Å². The molecule has 0 atom stereocenters. The first-order valence-electron chi connectivity index (χ1n) is 8.00. The molecule has 1 aliphatic carbocycles. The van der Waals surface area contributed by atoms with Crippen LogP contribution in [-0.4, -0.2) is 27.1 Å². The predicted molar refractivity (Wildman–Crippen MR) is 94.9 cm³/mol. The first kappa shape index (κ1) is 15.8. The highest BCUT2D eigenvalue weighted by atomic mass is 35.5. The quantitative estimate of drug-likeness (QED) is 0.678. The first-order chi connectivity index (χ1) is 12.0. The van der Waals surface area contributed by atoms with Crippen LogP contribution in [0, 0.1) is 6.92 Å². The molecular weight excluding hydrogens is 338 g/mol. The fraction of sp³-hybridized carbons (Fsp3) is 0.211. The standard InChI is InChI=1S/C19H16ClN3O2/c1-12-6-9-23-15(11-21-19(7-8-19)18(24)25)17(22-16(23)10-12)13-2-4-14(20)5-3-13/h2-6,9-11H,7-8H2,1H3,(H,24,25)/p-1. The van der Waals surface area contributed by atoms with Crippen LogP contribution >= 0.6 is 11.6 Å². The maximum atomic E-state index is 11.3. The molecule has 0 radical (unpaired) electrons. The van der Waals surface area contributed by atoms with Crippen LogP contribution in [0.15, 0.2) is 47.6 Å². The van der Waals surface area contributed by atoms with E-state index in [1.165, 1.54) is 0 Å². The van der Waals surface area contributed by atoms with Gasteiger partial charge < -0.3 is 9.90 Å². The second-order valence-electron chi connectivity index (χ2n) is 6.36. The molecule has 4 rings (SSSR count). The maximum Gasteiger partial charge on any atom is 0.138 e. The second-order valence-corrected chi connectivity index (χ2v) is 6.80. The molecule has 0 saturated heterocycles. The minimum atomic E-state index is -1.12. The van der Waals surface area contributed by atoms with Crippen LogP contribution in [-0.2, 0) is 4.79 Å². The summed E-state index contributed by atoms with van der Waals surface area (Å²) in [6.45, 7) is 2.00. The van der Waals surface area contributed by atoms with Gasteiger partial charge in [0.2, 0.25) is 0 Å². The van der Waals surface area contributed by atoms with Gasteiger partial charge in [-0.3, -0.25) is 9.39 Å². The number of rotatable bonds is 4. The van der Waals surface area contributed by atoms with Crippen LogP contribution in [0.5, 0.6) is 0 Å². The molecule has 0 N–H and O–H groups in total. The lowest BCUT2D eigenvalue weighted by atomic mass is 10.1. The number of aryl methyl sites for hydroxylation is 1. The van der Waals surface area contributed by atoms with Gasteiger partial charge in [-0.1, -0.05) is 23.7 Å². The van der Waals surface area contributed by atoms with E-state index in [9.17, 15) is 9.90 Å². The highest BCUT2D eigenvalue weighted by molar-refractivity contribution is 6.30. The third-order valence-corrected chi connectivity index (χ3v) is 4.73. The van der Waals surface area contributed by atoms with E-state index in [0.717, 1.165) is 28.2 Å². The molecule has 1 aliphatic rings. The lowest BCUT2D eigenvalue weighted by molar-refractivity contribution is -0.308. The summed E-state index contributed by atoms with van der Waals surface area (Å²) in [5.41, 5.74) is 3.17. The third-order valence-electron chi connectivity index (χ3n) is 4.47. The molecule has 0 amide bonds. The van der Waals surface area contributed by atoms with Crippen molar-refractivity contribution in [1.82, 2.24) is 9.38 Å². The Morgan fingerprint density at radius 1 is 1.32 bits per heavy atom. The summed E-state index contributed by atoms with van der Waals surface area (Å²) in [6.07, 6.45) is 4.54. The van der Waals surface area contributed by atoms with E-state index in [2.05, 4.69) is 4.99 Å². The summed E-state index contributed by atoms with van der Waals surface area (Å²) in [7, 11) is 0. The van der Waals surface area contributed by atoms with Gasteiger partial charge in [0.05, 0.1) is 17.4 Å². The number of pyridine rings is 1. The maximum absolute atomic E-state index is 11.3. The zero-order valence-corrected chi connectivity index (χ0v) is 14.3. The van der Waals surface area contributed by atoms with E-state index < -0.39 is 11.5 Å². The lowest BCUT2D eigenvalue weighted by Crippen LogP contribution is -2.36. The molecule has 126 valence electrons. The first-order valence-corrected chi connectivity index (χ1v) is 8.38. The third kappa shape index (κ3) is 2.81. The molecule has 25 heavy (non-hydrogen) atoms. The van der Waals surface area contributed by atoms with Crippen molar-refractivity contribution < 1.29 is 9.90 Å². The van der Waals surface area contributed by atoms with Crippen LogP contribution in [0.4, 0.5) is 0 Å². The second kappa shape index (κ2) is 5.70. The van der Waals surface area contributed by atoms with Gasteiger partial charge in [0.1, 0.15) is 11.2 Å². The molecule has 0 unspecified atom stereocenters. The zero-order valence-electron chi connectivity index (χ0n) is 13.6. The Balaban J connectivity index is 1.88. The van der Waals surface area contributed by atoms with Crippen LogP contribution in [0.25, 0.3) is 16.9 Å². The Hall–Kier alpha value is -2.66. The summed E-state index contributed by atoms with van der Waals surface area (Å²) in [5, 5.41) is 11.9. The van der Waals surface area contributed by atoms with E-state index >= 15 is 0 Å². The van der Waals surface area contributed by atoms with Gasteiger partial charge in [-0.05, 0) is 49.6 Å². The van der Waals surface area contributed by atoms with Crippen molar-refractivity contribution in [3.05, 3.63) is 58.9 Å². The summed E-state index contributed by atoms with van der Waals surface area (Å²) in [4.78, 5) is 20.3. The number of carboxylic acids is 1. The van der Waals surface area contributed by atoms with Crippen LogP contribution in [0.1, 0.15) is 24.1 Å². The number of fused-ring (bicyclic) bond motifs is 1. The van der Waals surface area contributed by atoms with Gasteiger partial charge in [0.15, 0.2) is 0 Å². The van der Waals surface area contributed by atoms with Gasteiger partial charge in [-0.2, -0.15) is 0 Å². The van der Waals surface area contributed by atoms with Gasteiger partial charge in [-0.25, -0.2) is 4.98 Å². The summed E-state index contributed by atoms with van der Waals surface area (Å²) >= 11 is 5.98. The monoisotopic (exact) mass is 352 g/mol. The Bertz CT molecular complexity index is 1000. The number of nitrogens with zero attached hydrogens (tertiary/aromatic N) is 3. The number of carbonyl (C=O) groups is 1. The number of hydrogen-bond acceptors (Lipinski definition) is 4. The van der Waals surface area contributed by atoms with Gasteiger partial charge in [0.25, 0.3) is 0 Å². The molecule has 3 aromatic rings. The Labute approximate surface area is 149 Å². The highest BCUT2D eigenvalue weighted by Gasteiger charge is 2.43. The number of carbonyl (C=O) groups excluding carboxylic acids is 1. The van der Waals surface area contributed by atoms with Crippen LogP contribution in [0.2, 0.25) is 5.02 Å². The average molecular weight is 353 g/mol. The molecule has 0 spiro atoms. The smallest absolute Gasteiger partial charge is 0.138 e. The van der Waals surface area contributed by atoms with Crippen molar-refractivity contribution in [3.8, 4) is 11.3 Å². The fourth-order valence-corrected chi connectivity index (χ4v) is 2.92. The molecular formula is C19H15ClN3O2-. The summed E-state index contributed by atoms with van der Waals surface area (Å²) in [6, 6.07) is 11.3. The van der Waals surface area contributed by atoms with Crippen molar-refractivity contribution in [2.45, 2.75) is 25.3 Å². The van der Waals surface area contributed by atoms with Crippen molar-refractivity contribution in [3.63, 3.8) is 0 Å². The number of aliphatic carboxylic acids is 1. The van der Waals surface area contributed by atoms with Gasteiger partial charge in [0, 0.05) is 23.0 Å². The fourth-order valence-electron chi connectivity index (χ4n) is 2.80. The highest BCUT2D eigenvalue weighted by Crippen LogP contribution is 2.39. The largest absolute Gasteiger partial charge is 0.547 e. The van der Waals surface area contributed by atoms with E-state index in [1.807, 2.05) is 41.8 Å². The molecule has 1 fully saturated rings. The Morgan fingerprint density at radius 3 is 2.68 bits per heavy atom. The lowest BCUT2D eigenvalue weighted by Gasteiger charge is -2.10. The molecule has 1 aromatic carbocycles. The average Bonchev–Trinajstić information content (AvgIpc) is 3.30. The van der Waals surface area contributed by atoms with Crippen LogP contribution < -0.4 is 5.11 Å². The normalized spacial score (nSPS) is 15.8. The molecule has 0 aliphatic heterocycles. The summed E-state index contributed by atoms with van der Waals surface area (Å²) < 4.78 is 1.91.